The first-order valence-corrected chi connectivity index (χ1v) is 13.7. The van der Waals surface area contributed by atoms with E-state index in [4.69, 9.17) is 19.4 Å². The lowest BCUT2D eigenvalue weighted by molar-refractivity contribution is -0.113. The normalized spacial score (nSPS) is 20.2. The Morgan fingerprint density at radius 2 is 1.89 bits per heavy atom. The molecule has 1 atom stereocenters. The van der Waals surface area contributed by atoms with Gasteiger partial charge < -0.3 is 29.9 Å². The lowest BCUT2D eigenvalue weighted by Crippen LogP contribution is -2.36. The van der Waals surface area contributed by atoms with Gasteiger partial charge in [0.15, 0.2) is 22.8 Å². The Kier molecular flexibility index (Phi) is 6.79. The molecule has 37 heavy (non-hydrogen) atoms. The number of nitrogens with one attached hydrogen (secondary N) is 2. The Bertz CT molecular complexity index is 1310. The van der Waals surface area contributed by atoms with Gasteiger partial charge in [0.1, 0.15) is 12.0 Å². The number of carbonyl (C=O) groups is 1. The van der Waals surface area contributed by atoms with Crippen molar-refractivity contribution in [2.45, 2.75) is 38.8 Å². The Morgan fingerprint density at radius 1 is 1.08 bits per heavy atom. The van der Waals surface area contributed by atoms with Crippen LogP contribution in [0.5, 0.6) is 0 Å². The molecule has 2 saturated heterocycles. The molecule has 0 radical (unpaired) electrons. The quantitative estimate of drug-likeness (QED) is 0.520. The molecule has 2 N–H and O–H groups in total. The zero-order chi connectivity index (χ0) is 25.2. The number of anilines is 3. The van der Waals surface area contributed by atoms with E-state index in [2.05, 4.69) is 25.4 Å². The van der Waals surface area contributed by atoms with Crippen molar-refractivity contribution in [1.29, 1.82) is 0 Å². The summed E-state index contributed by atoms with van der Waals surface area (Å²) < 4.78 is 12.2. The number of carbonyl (C=O) groups excluding carboxylic acids is 1. The first kappa shape index (κ1) is 23.9. The second-order valence-electron chi connectivity index (χ2n) is 9.56. The van der Waals surface area contributed by atoms with Crippen molar-refractivity contribution in [1.82, 2.24) is 20.3 Å². The van der Waals surface area contributed by atoms with E-state index in [0.717, 1.165) is 71.6 Å². The van der Waals surface area contributed by atoms with Crippen molar-refractivity contribution in [2.24, 2.45) is 0 Å². The molecule has 10 nitrogen and oxygen atoms in total. The number of morpholine rings is 1. The van der Waals surface area contributed by atoms with Gasteiger partial charge in [0.05, 0.1) is 23.6 Å². The summed E-state index contributed by atoms with van der Waals surface area (Å²) in [6.45, 7) is 6.80. The Labute approximate surface area is 219 Å². The number of thiazole rings is 1. The van der Waals surface area contributed by atoms with E-state index in [0.29, 0.717) is 24.6 Å². The van der Waals surface area contributed by atoms with Gasteiger partial charge in [0, 0.05) is 43.6 Å². The number of rotatable bonds is 5. The van der Waals surface area contributed by atoms with E-state index < -0.39 is 6.23 Å². The zero-order valence-electron chi connectivity index (χ0n) is 20.9. The highest BCUT2D eigenvalue weighted by Crippen LogP contribution is 2.36. The molecule has 0 spiro atoms. The maximum Gasteiger partial charge on any atom is 0.275 e. The van der Waals surface area contributed by atoms with Crippen molar-refractivity contribution in [3.8, 4) is 0 Å². The molecule has 11 heteroatoms. The molecule has 6 rings (SSSR count). The summed E-state index contributed by atoms with van der Waals surface area (Å²) >= 11 is 1.60. The van der Waals surface area contributed by atoms with E-state index >= 15 is 0 Å². The van der Waals surface area contributed by atoms with Gasteiger partial charge >= 0.3 is 0 Å². The number of amides is 1. The monoisotopic (exact) mass is 521 g/mol. The number of pyridine rings is 2. The van der Waals surface area contributed by atoms with Crippen molar-refractivity contribution in [3.05, 3.63) is 47.6 Å². The summed E-state index contributed by atoms with van der Waals surface area (Å²) in [6, 6.07) is 5.84. The molecule has 194 valence electrons. The van der Waals surface area contributed by atoms with Crippen LogP contribution in [0, 0.1) is 6.92 Å². The number of hydrogen-bond acceptors (Lipinski definition) is 10. The van der Waals surface area contributed by atoms with Crippen LogP contribution in [0.25, 0.3) is 10.3 Å². The average Bonchev–Trinajstić information content (AvgIpc) is 3.49. The predicted molar refractivity (Wildman–Crippen MR) is 144 cm³/mol. The highest BCUT2D eigenvalue weighted by Gasteiger charge is 2.26. The third-order valence-corrected chi connectivity index (χ3v) is 7.92. The van der Waals surface area contributed by atoms with Gasteiger partial charge in [-0.1, -0.05) is 24.2 Å². The fraction of sp³-hybridized carbons (Fsp3) is 0.462. The van der Waals surface area contributed by atoms with Gasteiger partial charge in [-0.25, -0.2) is 4.98 Å². The average molecular weight is 522 g/mol. The third kappa shape index (κ3) is 5.19. The minimum atomic E-state index is -0.425. The van der Waals surface area contributed by atoms with Gasteiger partial charge in [0.2, 0.25) is 0 Å². The van der Waals surface area contributed by atoms with Gasteiger partial charge in [-0.2, -0.15) is 4.98 Å². The van der Waals surface area contributed by atoms with E-state index in [9.17, 15) is 4.79 Å². The fourth-order valence-corrected chi connectivity index (χ4v) is 5.89. The number of hydrogen-bond donors (Lipinski definition) is 2. The summed E-state index contributed by atoms with van der Waals surface area (Å²) in [5.41, 5.74) is 3.60. The second-order valence-corrected chi connectivity index (χ2v) is 10.6. The molecule has 0 saturated carbocycles. The highest BCUT2D eigenvalue weighted by molar-refractivity contribution is 7.22. The van der Waals surface area contributed by atoms with Crippen molar-refractivity contribution in [3.63, 3.8) is 0 Å². The molecular weight excluding hydrogens is 490 g/mol. The maximum absolute atomic E-state index is 13.3. The van der Waals surface area contributed by atoms with Crippen LogP contribution in [0.15, 0.2) is 36.4 Å². The predicted octanol–water partition coefficient (Wildman–Crippen LogP) is 3.71. The number of ether oxygens (including phenoxy) is 2. The number of aromatic nitrogens is 3. The molecular formula is C26H31N7O3S. The van der Waals surface area contributed by atoms with Crippen LogP contribution in [0.1, 0.15) is 43.2 Å². The summed E-state index contributed by atoms with van der Waals surface area (Å²) in [4.78, 5) is 31.9. The van der Waals surface area contributed by atoms with E-state index in [-0.39, 0.29) is 5.91 Å². The van der Waals surface area contributed by atoms with Gasteiger partial charge in [0.25, 0.3) is 5.91 Å². The number of nitrogens with zero attached hydrogens (tertiary/aromatic N) is 5. The van der Waals surface area contributed by atoms with Crippen LogP contribution in [0.4, 0.5) is 16.6 Å². The first-order valence-electron chi connectivity index (χ1n) is 12.9. The van der Waals surface area contributed by atoms with Crippen molar-refractivity contribution >= 4 is 44.2 Å². The lowest BCUT2D eigenvalue weighted by atomic mass is 10.2. The van der Waals surface area contributed by atoms with Crippen LogP contribution in [0.3, 0.4) is 0 Å². The molecule has 1 unspecified atom stereocenters. The Hall–Kier alpha value is -3.44. The van der Waals surface area contributed by atoms with Crippen LogP contribution in [-0.2, 0) is 14.3 Å². The van der Waals surface area contributed by atoms with E-state index in [1.807, 2.05) is 25.1 Å². The van der Waals surface area contributed by atoms with E-state index in [1.165, 1.54) is 19.1 Å². The van der Waals surface area contributed by atoms with Crippen LogP contribution < -0.4 is 20.4 Å². The zero-order valence-corrected chi connectivity index (χ0v) is 21.7. The van der Waals surface area contributed by atoms with Crippen LogP contribution in [0.2, 0.25) is 0 Å². The minimum absolute atomic E-state index is 0.261. The smallest absolute Gasteiger partial charge is 0.275 e. The summed E-state index contributed by atoms with van der Waals surface area (Å²) in [5, 5.41) is 7.24. The Balaban J connectivity index is 1.27. The van der Waals surface area contributed by atoms with E-state index in [1.54, 1.807) is 17.5 Å². The Morgan fingerprint density at radius 3 is 2.68 bits per heavy atom. The van der Waals surface area contributed by atoms with Crippen molar-refractivity contribution < 1.29 is 14.3 Å². The largest absolute Gasteiger partial charge is 0.472 e. The molecule has 3 aromatic heterocycles. The summed E-state index contributed by atoms with van der Waals surface area (Å²) in [5.74, 6) is 0.519. The molecule has 0 aromatic carbocycles. The lowest BCUT2D eigenvalue weighted by Gasteiger charge is -2.25. The van der Waals surface area contributed by atoms with Gasteiger partial charge in [-0.05, 0) is 38.0 Å². The first-order chi connectivity index (χ1) is 18.1. The number of aryl methyl sites for hydroxylation is 1. The van der Waals surface area contributed by atoms with Crippen molar-refractivity contribution in [2.75, 3.05) is 54.5 Å². The number of fused-ring (bicyclic) bond motifs is 1. The molecule has 0 aliphatic carbocycles. The molecule has 3 aromatic rings. The molecule has 1 amide bonds. The highest BCUT2D eigenvalue weighted by atomic mass is 32.1. The van der Waals surface area contributed by atoms with Crippen LogP contribution in [-0.4, -0.2) is 60.3 Å². The molecule has 2 fully saturated rings. The topological polar surface area (TPSA) is 105 Å². The standard InChI is InChI=1S/C26H31N7O3S/c1-17-14-18(6-7-27-17)25-29-20(16-36-25)24(34)28-19-15-21-22(30-23(19)32-8-4-2-3-5-9-32)31-26(37-21)33-10-12-35-13-11-33/h6-7,14-16,25,29H,2-5,8-13H2,1H3,(H,28,34). The molecule has 3 aliphatic heterocycles. The molecule has 3 aliphatic rings. The third-order valence-electron chi connectivity index (χ3n) is 6.86. The van der Waals surface area contributed by atoms with Crippen LogP contribution >= 0.6 is 11.3 Å². The minimum Gasteiger partial charge on any atom is -0.472 e. The second kappa shape index (κ2) is 10.5. The van der Waals surface area contributed by atoms with Gasteiger partial charge in [-0.3, -0.25) is 9.78 Å². The molecule has 0 bridgehead atoms. The fourth-order valence-electron chi connectivity index (χ4n) is 4.89. The maximum atomic E-state index is 13.3. The van der Waals surface area contributed by atoms with Gasteiger partial charge in [-0.15, -0.1) is 0 Å². The summed E-state index contributed by atoms with van der Waals surface area (Å²) in [6.07, 6.45) is 7.43. The SMILES string of the molecule is Cc1cc(C2NC(C(=O)Nc3cc4sc(N5CCOCC5)nc4nc3N3CCCCCC3)=CO2)ccn1. The molecule has 6 heterocycles. The summed E-state index contributed by atoms with van der Waals surface area (Å²) in [7, 11) is 0.